The smallest absolute Gasteiger partial charge is 0.249 e. The Balaban J connectivity index is 2.23. The Morgan fingerprint density at radius 3 is 1.25 bits per heavy atom. The number of aliphatic hydroxyl groups is 7. The topological polar surface area (TPSA) is 189 Å². The number of ether oxygens (including phenoxy) is 2. The molecular weight excluding hydrogens is 943 g/mol. The average Bonchev–Trinajstić information content (AvgIpc) is 3.41. The zero-order valence-corrected chi connectivity index (χ0v) is 48.8. The number of carbonyl (C=O) groups is 1. The van der Waals surface area contributed by atoms with Gasteiger partial charge in [-0.1, -0.05) is 295 Å². The molecule has 9 unspecified atom stereocenters. The second-order valence-electron chi connectivity index (χ2n) is 22.8. The van der Waals surface area contributed by atoms with Gasteiger partial charge in [-0.15, -0.1) is 0 Å². The highest BCUT2D eigenvalue weighted by molar-refractivity contribution is 5.80. The van der Waals surface area contributed by atoms with Crippen LogP contribution in [0, 0.1) is 0 Å². The number of rotatable bonds is 56. The van der Waals surface area contributed by atoms with Gasteiger partial charge in [0.2, 0.25) is 5.91 Å². The summed E-state index contributed by atoms with van der Waals surface area (Å²) in [5, 5.41) is 76.4. The number of hydrogen-bond acceptors (Lipinski definition) is 10. The molecule has 0 aromatic rings. The molecule has 1 rings (SSSR count). The monoisotopic (exact) mass is 1070 g/mol. The van der Waals surface area contributed by atoms with Crippen LogP contribution in [0.3, 0.4) is 0 Å². The van der Waals surface area contributed by atoms with Gasteiger partial charge in [-0.2, -0.15) is 0 Å². The Labute approximate surface area is 461 Å². The molecule has 11 heteroatoms. The summed E-state index contributed by atoms with van der Waals surface area (Å²) in [6.07, 6.45) is 53.9. The highest BCUT2D eigenvalue weighted by Gasteiger charge is 2.44. The Morgan fingerprint density at radius 2 is 0.853 bits per heavy atom. The van der Waals surface area contributed by atoms with E-state index in [1.54, 1.807) is 0 Å². The third-order valence-electron chi connectivity index (χ3n) is 15.8. The number of carbonyl (C=O) groups excluding carboxylic acids is 1. The van der Waals surface area contributed by atoms with E-state index in [1.807, 2.05) is 0 Å². The summed E-state index contributed by atoms with van der Waals surface area (Å²) in [4.78, 5) is 13.2. The number of amides is 1. The van der Waals surface area contributed by atoms with Gasteiger partial charge in [-0.3, -0.25) is 4.79 Å². The molecule has 8 N–H and O–H groups in total. The molecule has 0 bridgehead atoms. The first kappa shape index (κ1) is 71.6. The van der Waals surface area contributed by atoms with Gasteiger partial charge in [0.25, 0.3) is 0 Å². The molecule has 1 amide bonds. The largest absolute Gasteiger partial charge is 0.394 e. The van der Waals surface area contributed by atoms with Gasteiger partial charge in [-0.05, 0) is 38.5 Å². The van der Waals surface area contributed by atoms with Gasteiger partial charge >= 0.3 is 0 Å². The molecule has 1 saturated heterocycles. The minimum atomic E-state index is -1.66. The van der Waals surface area contributed by atoms with Crippen molar-refractivity contribution in [1.82, 2.24) is 5.32 Å². The van der Waals surface area contributed by atoms with Gasteiger partial charge in [0.05, 0.1) is 25.4 Å². The van der Waals surface area contributed by atoms with Crippen molar-refractivity contribution in [3.63, 3.8) is 0 Å². The Kier molecular flexibility index (Phi) is 50.8. The molecule has 0 saturated carbocycles. The SMILES string of the molecule is CC/C=C\C/C=C\CCCCCCCCCCCCCCCC(O)C(=O)NC(COC1OC(CO)C(O)C(O)C1O)C(O)C(O)CCCCCCCCCCCCCCCCCCCCCCCCCCCCCC. The van der Waals surface area contributed by atoms with E-state index in [1.165, 1.54) is 218 Å². The Morgan fingerprint density at radius 1 is 0.480 bits per heavy atom. The van der Waals surface area contributed by atoms with Gasteiger partial charge in [0.15, 0.2) is 6.29 Å². The minimum Gasteiger partial charge on any atom is -0.394 e. The highest BCUT2D eigenvalue weighted by Crippen LogP contribution is 2.24. The van der Waals surface area contributed by atoms with Crippen molar-refractivity contribution >= 4 is 5.91 Å². The fraction of sp³-hybridized carbons (Fsp3) is 0.922. The van der Waals surface area contributed by atoms with E-state index < -0.39 is 74.2 Å². The lowest BCUT2D eigenvalue weighted by Crippen LogP contribution is -2.60. The van der Waals surface area contributed by atoms with Crippen molar-refractivity contribution in [1.29, 1.82) is 0 Å². The standard InChI is InChI=1S/C64H123NO10/c1-3-5-7-9-11-13-15-17-19-21-23-25-26-27-28-29-30-31-32-34-35-37-39-41-43-45-47-49-51-56(67)59(69)55(54-74-64-62(72)61(71)60(70)58(53-66)75-64)65-63(73)57(68)52-50-48-46-44-42-40-38-36-33-24-22-20-18-16-14-12-10-8-6-4-2/h6,8,12,14,55-62,64,66-72H,3-5,7,9-11,13,15-54H2,1-2H3,(H,65,73)/b8-6-,14-12-. The molecule has 0 aromatic heterocycles. The van der Waals surface area contributed by atoms with E-state index in [0.29, 0.717) is 19.3 Å². The lowest BCUT2D eigenvalue weighted by atomic mass is 9.98. The van der Waals surface area contributed by atoms with Crippen LogP contribution in [0.5, 0.6) is 0 Å². The number of unbranched alkanes of at least 4 members (excludes halogenated alkanes) is 40. The van der Waals surface area contributed by atoms with Gasteiger partial charge in [0, 0.05) is 0 Å². The molecule has 9 atom stereocenters. The predicted octanol–water partition coefficient (Wildman–Crippen LogP) is 14.5. The first-order chi connectivity index (χ1) is 36.7. The van der Waals surface area contributed by atoms with E-state index in [9.17, 15) is 40.5 Å². The van der Waals surface area contributed by atoms with Crippen molar-refractivity contribution in [3.8, 4) is 0 Å². The number of allylic oxidation sites excluding steroid dienone is 4. The predicted molar refractivity (Wildman–Crippen MR) is 312 cm³/mol. The molecular formula is C64H123NO10. The summed E-state index contributed by atoms with van der Waals surface area (Å²) in [6, 6.07) is -1.17. The molecule has 0 aliphatic carbocycles. The molecule has 11 nitrogen and oxygen atoms in total. The molecule has 1 heterocycles. The molecule has 0 aromatic carbocycles. The first-order valence-corrected chi connectivity index (χ1v) is 32.2. The maximum atomic E-state index is 13.2. The Hall–Kier alpha value is -1.41. The molecule has 1 aliphatic heterocycles. The van der Waals surface area contributed by atoms with E-state index >= 15 is 0 Å². The van der Waals surface area contributed by atoms with E-state index in [0.717, 1.165) is 51.4 Å². The molecule has 1 aliphatic rings. The van der Waals surface area contributed by atoms with E-state index in [-0.39, 0.29) is 6.42 Å². The molecule has 1 fully saturated rings. The second kappa shape index (κ2) is 53.2. The zero-order chi connectivity index (χ0) is 54.7. The second-order valence-corrected chi connectivity index (χ2v) is 22.8. The number of hydrogen-bond donors (Lipinski definition) is 8. The average molecular weight is 1070 g/mol. The van der Waals surface area contributed by atoms with Crippen LogP contribution >= 0.6 is 0 Å². The minimum absolute atomic E-state index is 0.261. The van der Waals surface area contributed by atoms with Crippen LogP contribution in [0.1, 0.15) is 309 Å². The lowest BCUT2D eigenvalue weighted by Gasteiger charge is -2.40. The van der Waals surface area contributed by atoms with Crippen LogP contribution in [0.25, 0.3) is 0 Å². The molecule has 75 heavy (non-hydrogen) atoms. The first-order valence-electron chi connectivity index (χ1n) is 32.2. The third kappa shape index (κ3) is 41.3. The summed E-state index contributed by atoms with van der Waals surface area (Å²) in [5.74, 6) is -0.693. The fourth-order valence-corrected chi connectivity index (χ4v) is 10.6. The van der Waals surface area contributed by atoms with Crippen molar-refractivity contribution < 1.29 is 50.0 Å². The van der Waals surface area contributed by atoms with Crippen LogP contribution in [0.4, 0.5) is 0 Å². The molecule has 0 radical (unpaired) electrons. The van der Waals surface area contributed by atoms with Crippen LogP contribution in [-0.2, 0) is 14.3 Å². The van der Waals surface area contributed by atoms with E-state index in [4.69, 9.17) is 9.47 Å². The quantitative estimate of drug-likeness (QED) is 0.0215. The van der Waals surface area contributed by atoms with Gasteiger partial charge in [-0.25, -0.2) is 0 Å². The fourth-order valence-electron chi connectivity index (χ4n) is 10.6. The molecule has 0 spiro atoms. The summed E-state index contributed by atoms with van der Waals surface area (Å²) in [6.45, 7) is 3.40. The van der Waals surface area contributed by atoms with Crippen molar-refractivity contribution in [2.45, 2.75) is 364 Å². The summed E-state index contributed by atoms with van der Waals surface area (Å²) in [5.41, 5.74) is 0. The summed E-state index contributed by atoms with van der Waals surface area (Å²) in [7, 11) is 0. The van der Waals surface area contributed by atoms with Crippen molar-refractivity contribution in [2.24, 2.45) is 0 Å². The third-order valence-corrected chi connectivity index (χ3v) is 15.8. The van der Waals surface area contributed by atoms with Crippen LogP contribution in [0.15, 0.2) is 24.3 Å². The Bertz CT molecular complexity index is 1270. The van der Waals surface area contributed by atoms with Crippen molar-refractivity contribution in [2.75, 3.05) is 13.2 Å². The van der Waals surface area contributed by atoms with Crippen molar-refractivity contribution in [3.05, 3.63) is 24.3 Å². The van der Waals surface area contributed by atoms with Gasteiger partial charge in [0.1, 0.15) is 36.6 Å². The summed E-state index contributed by atoms with van der Waals surface area (Å²) >= 11 is 0. The van der Waals surface area contributed by atoms with Gasteiger partial charge < -0.3 is 50.5 Å². The normalized spacial score (nSPS) is 19.8. The molecule has 444 valence electrons. The van der Waals surface area contributed by atoms with Crippen LogP contribution < -0.4 is 5.32 Å². The summed E-state index contributed by atoms with van der Waals surface area (Å²) < 4.78 is 11.2. The van der Waals surface area contributed by atoms with Crippen LogP contribution in [-0.4, -0.2) is 110 Å². The maximum absolute atomic E-state index is 13.2. The van der Waals surface area contributed by atoms with E-state index in [2.05, 4.69) is 43.5 Å². The number of aliphatic hydroxyl groups excluding tert-OH is 7. The van der Waals surface area contributed by atoms with Crippen LogP contribution in [0.2, 0.25) is 0 Å². The highest BCUT2D eigenvalue weighted by atomic mass is 16.7. The number of nitrogens with one attached hydrogen (secondary N) is 1. The zero-order valence-electron chi connectivity index (χ0n) is 48.8. The lowest BCUT2D eigenvalue weighted by molar-refractivity contribution is -0.303. The maximum Gasteiger partial charge on any atom is 0.249 e.